The van der Waals surface area contributed by atoms with Gasteiger partial charge >= 0.3 is 0 Å². The van der Waals surface area contributed by atoms with Crippen LogP contribution in [0.15, 0.2) is 0 Å². The summed E-state index contributed by atoms with van der Waals surface area (Å²) in [6.45, 7) is 1.15. The predicted molar refractivity (Wildman–Crippen MR) is 43.6 cm³/mol. The van der Waals surface area contributed by atoms with E-state index in [-0.39, 0.29) is 11.7 Å². The molecule has 3 heteroatoms. The highest BCUT2D eigenvalue weighted by Gasteiger charge is 2.35. The van der Waals surface area contributed by atoms with Gasteiger partial charge in [-0.05, 0) is 32.6 Å². The normalized spacial score (nSPS) is 36.4. The molecule has 0 radical (unpaired) electrons. The Balaban J connectivity index is 2.44. The molecule has 0 unspecified atom stereocenters. The Hall–Kier alpha value is -0.440. The van der Waals surface area contributed by atoms with E-state index in [2.05, 4.69) is 0 Å². The summed E-state index contributed by atoms with van der Waals surface area (Å²) in [5.41, 5.74) is -1.41. The fourth-order valence-electron chi connectivity index (χ4n) is 1.70. The number of alkyl halides is 1. The maximum atomic E-state index is 13.4. The van der Waals surface area contributed by atoms with Crippen molar-refractivity contribution in [3.63, 3.8) is 0 Å². The first-order valence-corrected chi connectivity index (χ1v) is 4.38. The van der Waals surface area contributed by atoms with Gasteiger partial charge in [-0.15, -0.1) is 0 Å². The molecule has 0 aromatic rings. The first-order chi connectivity index (χ1) is 5.57. The van der Waals surface area contributed by atoms with Gasteiger partial charge in [0.05, 0.1) is 6.61 Å². The standard InChI is InChI=1S/C9H15FO2/c1-7(12)8-2-4-9(10,6-11)5-3-8/h8,11H,2-6H2,1H3/t8-,9+. The maximum Gasteiger partial charge on any atom is 0.134 e. The molecule has 1 saturated carbocycles. The van der Waals surface area contributed by atoms with Crippen molar-refractivity contribution in [2.45, 2.75) is 38.3 Å². The summed E-state index contributed by atoms with van der Waals surface area (Å²) in [4.78, 5) is 10.9. The predicted octanol–water partition coefficient (Wildman–Crippen LogP) is 1.47. The molecule has 1 rings (SSSR count). The second-order valence-corrected chi connectivity index (χ2v) is 3.69. The lowest BCUT2D eigenvalue weighted by molar-refractivity contribution is -0.123. The second-order valence-electron chi connectivity index (χ2n) is 3.69. The van der Waals surface area contributed by atoms with E-state index in [9.17, 15) is 9.18 Å². The Morgan fingerprint density at radius 1 is 1.58 bits per heavy atom. The van der Waals surface area contributed by atoms with Crippen LogP contribution in [0.3, 0.4) is 0 Å². The molecular weight excluding hydrogens is 159 g/mol. The molecule has 0 aromatic heterocycles. The van der Waals surface area contributed by atoms with Crippen molar-refractivity contribution >= 4 is 5.78 Å². The third-order valence-electron chi connectivity index (χ3n) is 2.74. The van der Waals surface area contributed by atoms with Gasteiger partial charge in [-0.2, -0.15) is 0 Å². The zero-order chi connectivity index (χ0) is 9.19. The van der Waals surface area contributed by atoms with Crippen LogP contribution in [0, 0.1) is 5.92 Å². The zero-order valence-electron chi connectivity index (χ0n) is 7.35. The Labute approximate surface area is 71.8 Å². The van der Waals surface area contributed by atoms with Crippen molar-refractivity contribution in [3.8, 4) is 0 Å². The first kappa shape index (κ1) is 9.65. The summed E-state index contributed by atoms with van der Waals surface area (Å²) in [5, 5.41) is 8.72. The molecule has 0 aromatic carbocycles. The van der Waals surface area contributed by atoms with Gasteiger partial charge in [-0.25, -0.2) is 4.39 Å². The smallest absolute Gasteiger partial charge is 0.134 e. The highest BCUT2D eigenvalue weighted by Crippen LogP contribution is 2.34. The monoisotopic (exact) mass is 174 g/mol. The lowest BCUT2D eigenvalue weighted by Gasteiger charge is -2.31. The van der Waals surface area contributed by atoms with E-state index >= 15 is 0 Å². The van der Waals surface area contributed by atoms with Gasteiger partial charge in [0, 0.05) is 5.92 Å². The number of Topliss-reactive ketones (excluding diaryl/α,β-unsaturated/α-hetero) is 1. The molecule has 1 N–H and O–H groups in total. The Morgan fingerprint density at radius 3 is 2.42 bits per heavy atom. The van der Waals surface area contributed by atoms with Crippen LogP contribution in [0.4, 0.5) is 4.39 Å². The van der Waals surface area contributed by atoms with Crippen LogP contribution in [-0.2, 0) is 4.79 Å². The zero-order valence-corrected chi connectivity index (χ0v) is 7.35. The molecule has 0 amide bonds. The van der Waals surface area contributed by atoms with Gasteiger partial charge in [0.1, 0.15) is 11.5 Å². The van der Waals surface area contributed by atoms with Gasteiger partial charge in [-0.3, -0.25) is 4.79 Å². The fourth-order valence-corrected chi connectivity index (χ4v) is 1.70. The lowest BCUT2D eigenvalue weighted by Crippen LogP contribution is -2.34. The van der Waals surface area contributed by atoms with Crippen LogP contribution in [0.2, 0.25) is 0 Å². The molecule has 0 bridgehead atoms. The van der Waals surface area contributed by atoms with E-state index < -0.39 is 12.3 Å². The first-order valence-electron chi connectivity index (χ1n) is 4.38. The van der Waals surface area contributed by atoms with Crippen molar-refractivity contribution in [3.05, 3.63) is 0 Å². The van der Waals surface area contributed by atoms with Crippen molar-refractivity contribution in [2.75, 3.05) is 6.61 Å². The van der Waals surface area contributed by atoms with Gasteiger partial charge in [-0.1, -0.05) is 0 Å². The van der Waals surface area contributed by atoms with Gasteiger partial charge in [0.15, 0.2) is 0 Å². The molecule has 1 aliphatic rings. The van der Waals surface area contributed by atoms with Gasteiger partial charge in [0.25, 0.3) is 0 Å². The largest absolute Gasteiger partial charge is 0.393 e. The Morgan fingerprint density at radius 2 is 2.08 bits per heavy atom. The van der Waals surface area contributed by atoms with E-state index in [1.807, 2.05) is 0 Å². The average Bonchev–Trinajstić information content (AvgIpc) is 2.05. The number of hydrogen-bond acceptors (Lipinski definition) is 2. The Kier molecular flexibility index (Phi) is 2.83. The number of ketones is 1. The van der Waals surface area contributed by atoms with Crippen molar-refractivity contribution in [1.82, 2.24) is 0 Å². The quantitative estimate of drug-likeness (QED) is 0.688. The summed E-state index contributed by atoms with van der Waals surface area (Å²) < 4.78 is 13.4. The number of carbonyl (C=O) groups is 1. The van der Waals surface area contributed by atoms with Gasteiger partial charge < -0.3 is 5.11 Å². The molecule has 0 aliphatic heterocycles. The third-order valence-corrected chi connectivity index (χ3v) is 2.74. The van der Waals surface area contributed by atoms with E-state index in [0.717, 1.165) is 0 Å². The highest BCUT2D eigenvalue weighted by molar-refractivity contribution is 5.78. The minimum absolute atomic E-state index is 0.0282. The van der Waals surface area contributed by atoms with E-state index in [4.69, 9.17) is 5.11 Å². The molecule has 70 valence electrons. The lowest BCUT2D eigenvalue weighted by atomic mass is 9.79. The molecule has 12 heavy (non-hydrogen) atoms. The number of rotatable bonds is 2. The van der Waals surface area contributed by atoms with Crippen LogP contribution in [0.5, 0.6) is 0 Å². The summed E-state index contributed by atoms with van der Waals surface area (Å²) in [5.74, 6) is 0.176. The van der Waals surface area contributed by atoms with Crippen LogP contribution >= 0.6 is 0 Å². The van der Waals surface area contributed by atoms with Crippen LogP contribution in [-0.4, -0.2) is 23.2 Å². The number of halogens is 1. The van der Waals surface area contributed by atoms with E-state index in [1.165, 1.54) is 0 Å². The molecule has 2 nitrogen and oxygen atoms in total. The topological polar surface area (TPSA) is 37.3 Å². The SMILES string of the molecule is CC(=O)[C@H]1CC[C@](F)(CO)CC1. The number of aliphatic hydroxyl groups is 1. The van der Waals surface area contributed by atoms with Gasteiger partial charge in [0.2, 0.25) is 0 Å². The van der Waals surface area contributed by atoms with Crippen molar-refractivity contribution in [2.24, 2.45) is 5.92 Å². The average molecular weight is 174 g/mol. The summed E-state index contributed by atoms with van der Waals surface area (Å²) in [6, 6.07) is 0. The molecule has 1 fully saturated rings. The van der Waals surface area contributed by atoms with Crippen LogP contribution in [0.1, 0.15) is 32.6 Å². The van der Waals surface area contributed by atoms with Crippen molar-refractivity contribution < 1.29 is 14.3 Å². The summed E-state index contributed by atoms with van der Waals surface area (Å²) in [7, 11) is 0. The Bertz CT molecular complexity index is 171. The van der Waals surface area contributed by atoms with Crippen molar-refractivity contribution in [1.29, 1.82) is 0 Å². The minimum Gasteiger partial charge on any atom is -0.393 e. The molecule has 0 heterocycles. The van der Waals surface area contributed by atoms with E-state index in [0.29, 0.717) is 25.7 Å². The number of carbonyl (C=O) groups excluding carboxylic acids is 1. The number of aliphatic hydroxyl groups excluding tert-OH is 1. The minimum atomic E-state index is -1.41. The molecule has 0 saturated heterocycles. The van der Waals surface area contributed by atoms with Crippen LogP contribution < -0.4 is 0 Å². The fraction of sp³-hybridized carbons (Fsp3) is 0.889. The molecule has 0 spiro atoms. The molecule has 1 aliphatic carbocycles. The second kappa shape index (κ2) is 3.52. The summed E-state index contributed by atoms with van der Waals surface area (Å²) in [6.07, 6.45) is 1.83. The number of hydrogen-bond donors (Lipinski definition) is 1. The summed E-state index contributed by atoms with van der Waals surface area (Å²) >= 11 is 0. The van der Waals surface area contributed by atoms with E-state index in [1.54, 1.807) is 6.92 Å². The highest BCUT2D eigenvalue weighted by atomic mass is 19.1. The van der Waals surface area contributed by atoms with Crippen LogP contribution in [0.25, 0.3) is 0 Å². The maximum absolute atomic E-state index is 13.4. The third kappa shape index (κ3) is 2.03. The molecule has 0 atom stereocenters. The molecular formula is C9H15FO2.